The van der Waals surface area contributed by atoms with Crippen LogP contribution in [0.3, 0.4) is 0 Å². The fourth-order valence-corrected chi connectivity index (χ4v) is 3.09. The van der Waals surface area contributed by atoms with Crippen molar-refractivity contribution < 1.29 is 9.53 Å². The molecule has 1 aliphatic heterocycles. The molecular formula is C21H21N5O2. The molecule has 0 spiro atoms. The zero-order chi connectivity index (χ0) is 19.3. The second-order valence-corrected chi connectivity index (χ2v) is 6.66. The maximum atomic E-state index is 12.4. The Kier molecular flexibility index (Phi) is 5.14. The molecule has 1 N–H and O–H groups in total. The lowest BCUT2D eigenvalue weighted by molar-refractivity contribution is -0.125. The third-order valence-electron chi connectivity index (χ3n) is 4.77. The second kappa shape index (κ2) is 8.04. The molecule has 0 atom stereocenters. The number of nitrogens with zero attached hydrogens (tertiary/aromatic N) is 4. The molecule has 1 saturated heterocycles. The summed E-state index contributed by atoms with van der Waals surface area (Å²) >= 11 is 0. The first-order chi connectivity index (χ1) is 13.7. The zero-order valence-electron chi connectivity index (χ0n) is 15.6. The fraction of sp³-hybridized carbons (Fsp3) is 0.238. The molecule has 4 rings (SSSR count). The molecule has 1 fully saturated rings. The molecule has 142 valence electrons. The largest absolute Gasteiger partial charge is 0.481 e. The van der Waals surface area contributed by atoms with Crippen LogP contribution in [0.15, 0.2) is 61.1 Å². The van der Waals surface area contributed by atoms with E-state index in [0.717, 1.165) is 22.6 Å². The minimum atomic E-state index is -0.0404. The monoisotopic (exact) mass is 375 g/mol. The number of aromatic nitrogens is 3. The zero-order valence-corrected chi connectivity index (χ0v) is 15.6. The van der Waals surface area contributed by atoms with Crippen molar-refractivity contribution >= 4 is 11.7 Å². The van der Waals surface area contributed by atoms with Crippen LogP contribution in [0.2, 0.25) is 0 Å². The van der Waals surface area contributed by atoms with E-state index in [0.29, 0.717) is 25.5 Å². The lowest BCUT2D eigenvalue weighted by Crippen LogP contribution is -2.54. The van der Waals surface area contributed by atoms with Crippen molar-refractivity contribution in [3.63, 3.8) is 0 Å². The van der Waals surface area contributed by atoms with Crippen LogP contribution in [-0.4, -0.2) is 41.1 Å². The van der Waals surface area contributed by atoms with Crippen LogP contribution >= 0.6 is 0 Å². The first kappa shape index (κ1) is 17.9. The molecule has 0 radical (unpaired) electrons. The lowest BCUT2D eigenvalue weighted by Gasteiger charge is -2.39. The third kappa shape index (κ3) is 3.93. The van der Waals surface area contributed by atoms with Gasteiger partial charge in [-0.3, -0.25) is 4.79 Å². The third-order valence-corrected chi connectivity index (χ3v) is 4.77. The van der Waals surface area contributed by atoms with E-state index < -0.39 is 0 Å². The van der Waals surface area contributed by atoms with Crippen LogP contribution < -0.4 is 15.0 Å². The van der Waals surface area contributed by atoms with E-state index in [-0.39, 0.29) is 11.8 Å². The number of nitrogens with one attached hydrogen (secondary N) is 1. The quantitative estimate of drug-likeness (QED) is 0.712. The Balaban J connectivity index is 1.31. The number of amides is 1. The second-order valence-electron chi connectivity index (χ2n) is 6.66. The number of anilines is 1. The van der Waals surface area contributed by atoms with Gasteiger partial charge in [0, 0.05) is 43.5 Å². The summed E-state index contributed by atoms with van der Waals surface area (Å²) in [6.45, 7) is 1.76. The highest BCUT2D eigenvalue weighted by Gasteiger charge is 2.33. The Hall–Kier alpha value is -3.48. The van der Waals surface area contributed by atoms with E-state index in [1.165, 1.54) is 0 Å². The van der Waals surface area contributed by atoms with Crippen LogP contribution in [0.1, 0.15) is 5.56 Å². The van der Waals surface area contributed by atoms with Crippen LogP contribution in [0.5, 0.6) is 5.88 Å². The van der Waals surface area contributed by atoms with Gasteiger partial charge in [0.25, 0.3) is 0 Å². The standard InChI is InChI=1S/C21H21N5O2/c1-28-20-8-7-15(10-22-20)11-23-21(27)17-12-26(13-17)19-9-18(24-14-25-19)16-5-3-2-4-6-16/h2-10,14,17H,11-13H2,1H3,(H,23,27). The molecular weight excluding hydrogens is 354 g/mol. The van der Waals surface area contributed by atoms with Gasteiger partial charge in [0.05, 0.1) is 18.7 Å². The number of rotatable bonds is 6. The van der Waals surface area contributed by atoms with Gasteiger partial charge in [-0.05, 0) is 5.56 Å². The van der Waals surface area contributed by atoms with Gasteiger partial charge >= 0.3 is 0 Å². The predicted molar refractivity (Wildman–Crippen MR) is 106 cm³/mol. The average Bonchev–Trinajstić information content (AvgIpc) is 2.72. The molecule has 1 aliphatic rings. The van der Waals surface area contributed by atoms with Crippen molar-refractivity contribution in [2.75, 3.05) is 25.1 Å². The van der Waals surface area contributed by atoms with Gasteiger partial charge in [0.15, 0.2) is 0 Å². The first-order valence-electron chi connectivity index (χ1n) is 9.12. The highest BCUT2D eigenvalue weighted by Crippen LogP contribution is 2.26. The number of carbonyl (C=O) groups is 1. The first-order valence-corrected chi connectivity index (χ1v) is 9.12. The SMILES string of the molecule is COc1ccc(CNC(=O)C2CN(c3cc(-c4ccccc4)ncn3)C2)cn1. The van der Waals surface area contributed by atoms with Crippen molar-refractivity contribution in [2.24, 2.45) is 5.92 Å². The van der Waals surface area contributed by atoms with Gasteiger partial charge in [-0.15, -0.1) is 0 Å². The van der Waals surface area contributed by atoms with Crippen molar-refractivity contribution in [3.8, 4) is 17.1 Å². The van der Waals surface area contributed by atoms with Crippen molar-refractivity contribution in [1.29, 1.82) is 0 Å². The molecule has 3 aromatic rings. The van der Waals surface area contributed by atoms with Gasteiger partial charge in [-0.1, -0.05) is 36.4 Å². The fourth-order valence-electron chi connectivity index (χ4n) is 3.09. The van der Waals surface area contributed by atoms with E-state index in [9.17, 15) is 4.79 Å². The Morgan fingerprint density at radius 3 is 2.68 bits per heavy atom. The van der Waals surface area contributed by atoms with Crippen LogP contribution in [0, 0.1) is 5.92 Å². The molecule has 1 amide bonds. The molecule has 0 unspecified atom stereocenters. The topological polar surface area (TPSA) is 80.2 Å². The molecule has 0 saturated carbocycles. The summed E-state index contributed by atoms with van der Waals surface area (Å²) in [7, 11) is 1.58. The van der Waals surface area contributed by atoms with E-state index in [1.54, 1.807) is 25.7 Å². The van der Waals surface area contributed by atoms with Gasteiger partial charge in [0.1, 0.15) is 12.1 Å². The minimum Gasteiger partial charge on any atom is -0.481 e. The number of ether oxygens (including phenoxy) is 1. The van der Waals surface area contributed by atoms with Crippen molar-refractivity contribution in [2.45, 2.75) is 6.54 Å². The Bertz CT molecular complexity index is 941. The Labute approximate surface area is 163 Å². The van der Waals surface area contributed by atoms with Crippen LogP contribution in [0.4, 0.5) is 5.82 Å². The molecule has 0 aliphatic carbocycles. The van der Waals surface area contributed by atoms with Gasteiger partial charge in [-0.2, -0.15) is 0 Å². The number of methoxy groups -OCH3 is 1. The van der Waals surface area contributed by atoms with Crippen LogP contribution in [-0.2, 0) is 11.3 Å². The average molecular weight is 375 g/mol. The molecule has 2 aromatic heterocycles. The predicted octanol–water partition coefficient (Wildman–Crippen LogP) is 2.30. The smallest absolute Gasteiger partial charge is 0.226 e. The van der Waals surface area contributed by atoms with E-state index in [4.69, 9.17) is 4.74 Å². The van der Waals surface area contributed by atoms with Gasteiger partial charge in [-0.25, -0.2) is 15.0 Å². The Morgan fingerprint density at radius 1 is 1.14 bits per heavy atom. The lowest BCUT2D eigenvalue weighted by atomic mass is 9.99. The number of pyridine rings is 1. The van der Waals surface area contributed by atoms with Gasteiger partial charge in [0.2, 0.25) is 11.8 Å². The molecule has 3 heterocycles. The van der Waals surface area contributed by atoms with Crippen molar-refractivity contribution in [3.05, 3.63) is 66.6 Å². The normalized spacial score (nSPS) is 13.7. The number of hydrogen-bond donors (Lipinski definition) is 1. The van der Waals surface area contributed by atoms with Crippen LogP contribution in [0.25, 0.3) is 11.3 Å². The summed E-state index contributed by atoms with van der Waals surface area (Å²) in [6, 6.07) is 15.6. The molecule has 7 nitrogen and oxygen atoms in total. The van der Waals surface area contributed by atoms with E-state index >= 15 is 0 Å². The molecule has 0 bridgehead atoms. The highest BCUT2D eigenvalue weighted by molar-refractivity contribution is 5.81. The van der Waals surface area contributed by atoms with E-state index in [1.807, 2.05) is 42.5 Å². The minimum absolute atomic E-state index is 0.0404. The number of hydrogen-bond acceptors (Lipinski definition) is 6. The summed E-state index contributed by atoms with van der Waals surface area (Å²) < 4.78 is 5.04. The summed E-state index contributed by atoms with van der Waals surface area (Å²) in [5.41, 5.74) is 2.87. The molecule has 1 aromatic carbocycles. The maximum Gasteiger partial charge on any atom is 0.226 e. The van der Waals surface area contributed by atoms with Gasteiger partial charge < -0.3 is 15.0 Å². The molecule has 7 heteroatoms. The Morgan fingerprint density at radius 2 is 1.96 bits per heavy atom. The maximum absolute atomic E-state index is 12.4. The summed E-state index contributed by atoms with van der Waals surface area (Å²) in [5.74, 6) is 1.41. The summed E-state index contributed by atoms with van der Waals surface area (Å²) in [6.07, 6.45) is 3.28. The van der Waals surface area contributed by atoms with Crippen molar-refractivity contribution in [1.82, 2.24) is 20.3 Å². The molecule has 28 heavy (non-hydrogen) atoms. The summed E-state index contributed by atoms with van der Waals surface area (Å²) in [5, 5.41) is 2.97. The number of benzene rings is 1. The highest BCUT2D eigenvalue weighted by atomic mass is 16.5. The number of carbonyl (C=O) groups excluding carboxylic acids is 1. The summed E-state index contributed by atoms with van der Waals surface area (Å²) in [4.78, 5) is 27.3. The van der Waals surface area contributed by atoms with E-state index in [2.05, 4.69) is 25.2 Å².